The monoisotopic (exact) mass is 426 g/mol. The van der Waals surface area contributed by atoms with Crippen molar-refractivity contribution in [1.82, 2.24) is 14.3 Å². The van der Waals surface area contributed by atoms with Crippen LogP contribution in [-0.2, 0) is 6.42 Å². The Kier molecular flexibility index (Phi) is 5.72. The summed E-state index contributed by atoms with van der Waals surface area (Å²) < 4.78 is 2.18. The molecule has 0 amide bonds. The number of nitrogens with zero attached hydrogens (tertiary/aromatic N) is 6. The Morgan fingerprint density at radius 3 is 2.50 bits per heavy atom. The molecule has 0 bridgehead atoms. The SMILES string of the molecule is Cc1c(CCC#N)c(N2CCN(C3CCCCC3)CC2)n2c(nc3ccccc32)c1C#N. The van der Waals surface area contributed by atoms with Gasteiger partial charge >= 0.3 is 0 Å². The van der Waals surface area contributed by atoms with Gasteiger partial charge in [-0.3, -0.25) is 9.30 Å². The fourth-order valence-corrected chi connectivity index (χ4v) is 5.72. The fourth-order valence-electron chi connectivity index (χ4n) is 5.72. The minimum absolute atomic E-state index is 0.443. The van der Waals surface area contributed by atoms with Crippen LogP contribution in [0.15, 0.2) is 24.3 Å². The maximum Gasteiger partial charge on any atom is 0.157 e. The lowest BCUT2D eigenvalue weighted by molar-refractivity contribution is 0.147. The molecule has 2 aliphatic rings. The summed E-state index contributed by atoms with van der Waals surface area (Å²) in [6.45, 7) is 6.07. The van der Waals surface area contributed by atoms with Gasteiger partial charge in [0, 0.05) is 38.6 Å². The van der Waals surface area contributed by atoms with Gasteiger partial charge in [-0.1, -0.05) is 31.4 Å². The van der Waals surface area contributed by atoms with E-state index >= 15 is 0 Å². The molecule has 32 heavy (non-hydrogen) atoms. The van der Waals surface area contributed by atoms with Gasteiger partial charge in [0.25, 0.3) is 0 Å². The lowest BCUT2D eigenvalue weighted by Gasteiger charge is -2.42. The quantitative estimate of drug-likeness (QED) is 0.611. The van der Waals surface area contributed by atoms with Gasteiger partial charge in [-0.25, -0.2) is 4.98 Å². The normalized spacial score (nSPS) is 18.2. The van der Waals surface area contributed by atoms with Crippen LogP contribution in [0.5, 0.6) is 0 Å². The van der Waals surface area contributed by atoms with Crippen LogP contribution in [0, 0.1) is 29.6 Å². The van der Waals surface area contributed by atoms with Gasteiger partial charge in [0.1, 0.15) is 11.9 Å². The number of fused-ring (bicyclic) bond motifs is 3. The number of pyridine rings is 1. The maximum absolute atomic E-state index is 9.98. The molecule has 0 N–H and O–H groups in total. The Morgan fingerprint density at radius 1 is 1.03 bits per heavy atom. The number of aromatic nitrogens is 2. The zero-order valence-electron chi connectivity index (χ0n) is 18.8. The third-order valence-corrected chi connectivity index (χ3v) is 7.40. The molecule has 164 valence electrons. The van der Waals surface area contributed by atoms with Crippen LogP contribution in [0.2, 0.25) is 0 Å². The largest absolute Gasteiger partial charge is 0.355 e. The number of para-hydroxylation sites is 2. The van der Waals surface area contributed by atoms with E-state index in [9.17, 15) is 10.5 Å². The number of rotatable bonds is 4. The molecule has 6 nitrogen and oxygen atoms in total. The van der Waals surface area contributed by atoms with Gasteiger partial charge < -0.3 is 4.90 Å². The summed E-state index contributed by atoms with van der Waals surface area (Å²) in [6.07, 6.45) is 7.87. The number of nitriles is 2. The highest BCUT2D eigenvalue weighted by Crippen LogP contribution is 2.35. The van der Waals surface area contributed by atoms with Gasteiger partial charge in [0.05, 0.1) is 22.7 Å². The van der Waals surface area contributed by atoms with Gasteiger partial charge in [-0.05, 0) is 49.4 Å². The minimum Gasteiger partial charge on any atom is -0.355 e. The zero-order valence-corrected chi connectivity index (χ0v) is 18.8. The molecule has 1 saturated carbocycles. The van der Waals surface area contributed by atoms with E-state index in [4.69, 9.17) is 4.98 Å². The van der Waals surface area contributed by atoms with Gasteiger partial charge in [0.15, 0.2) is 5.65 Å². The first kappa shape index (κ1) is 20.8. The summed E-state index contributed by atoms with van der Waals surface area (Å²) in [4.78, 5) is 10.0. The summed E-state index contributed by atoms with van der Waals surface area (Å²) in [7, 11) is 0. The van der Waals surface area contributed by atoms with Gasteiger partial charge in [-0.2, -0.15) is 10.5 Å². The number of hydrogen-bond acceptors (Lipinski definition) is 5. The predicted octanol–water partition coefficient (Wildman–Crippen LogP) is 4.58. The maximum atomic E-state index is 9.98. The molecule has 0 spiro atoms. The molecule has 0 atom stereocenters. The van der Waals surface area contributed by atoms with E-state index in [1.807, 2.05) is 25.1 Å². The fraction of sp³-hybridized carbons (Fsp3) is 0.500. The third-order valence-electron chi connectivity index (χ3n) is 7.40. The zero-order chi connectivity index (χ0) is 22.1. The van der Waals surface area contributed by atoms with Crippen molar-refractivity contribution >= 4 is 22.5 Å². The molecule has 0 radical (unpaired) electrons. The van der Waals surface area contributed by atoms with Crippen molar-refractivity contribution in [3.8, 4) is 12.1 Å². The first-order chi connectivity index (χ1) is 15.7. The van der Waals surface area contributed by atoms with Crippen molar-refractivity contribution < 1.29 is 0 Å². The smallest absolute Gasteiger partial charge is 0.157 e. The molecule has 6 heteroatoms. The molecule has 3 heterocycles. The van der Waals surface area contributed by atoms with E-state index in [2.05, 4.69) is 32.4 Å². The first-order valence-electron chi connectivity index (χ1n) is 11.9. The van der Waals surface area contributed by atoms with Gasteiger partial charge in [-0.15, -0.1) is 0 Å². The number of benzene rings is 1. The molecule has 5 rings (SSSR count). The van der Waals surface area contributed by atoms with Crippen LogP contribution < -0.4 is 4.90 Å². The number of anilines is 1. The highest BCUT2D eigenvalue weighted by atomic mass is 15.3. The summed E-state index contributed by atoms with van der Waals surface area (Å²) in [5, 5.41) is 19.3. The Morgan fingerprint density at radius 2 is 1.78 bits per heavy atom. The van der Waals surface area contributed by atoms with Crippen molar-refractivity contribution in [2.45, 2.75) is 57.9 Å². The average molecular weight is 427 g/mol. The van der Waals surface area contributed by atoms with Crippen molar-refractivity contribution in [1.29, 1.82) is 10.5 Å². The highest BCUT2D eigenvalue weighted by Gasteiger charge is 2.29. The Bertz CT molecular complexity index is 1210. The van der Waals surface area contributed by atoms with E-state index in [-0.39, 0.29) is 0 Å². The third kappa shape index (κ3) is 3.49. The van der Waals surface area contributed by atoms with Crippen molar-refractivity contribution in [2.75, 3.05) is 31.1 Å². The van der Waals surface area contributed by atoms with Crippen molar-refractivity contribution in [3.05, 3.63) is 41.0 Å². The predicted molar refractivity (Wildman–Crippen MR) is 127 cm³/mol. The van der Waals surface area contributed by atoms with Crippen LogP contribution in [-0.4, -0.2) is 46.5 Å². The number of imidazole rings is 1. The van der Waals surface area contributed by atoms with E-state index in [0.717, 1.165) is 65.8 Å². The molecule has 1 saturated heterocycles. The van der Waals surface area contributed by atoms with Gasteiger partial charge in [0.2, 0.25) is 0 Å². The minimum atomic E-state index is 0.443. The summed E-state index contributed by atoms with van der Waals surface area (Å²) in [6, 6.07) is 13.6. The van der Waals surface area contributed by atoms with Crippen LogP contribution >= 0.6 is 0 Å². The standard InChI is InChI=1S/C26H30N6/c1-19-21(10-7-13-27)26(31-16-14-30(15-17-31)20-8-3-2-4-9-20)32-24-12-6-5-11-23(24)29-25(32)22(19)18-28/h5-6,11-12,20H,2-4,7-10,14-17H2,1H3. The van der Waals surface area contributed by atoms with Crippen molar-refractivity contribution in [3.63, 3.8) is 0 Å². The second-order valence-electron chi connectivity index (χ2n) is 9.15. The van der Waals surface area contributed by atoms with Crippen molar-refractivity contribution in [2.24, 2.45) is 0 Å². The lowest BCUT2D eigenvalue weighted by Crippen LogP contribution is -2.51. The van der Waals surface area contributed by atoms with E-state index < -0.39 is 0 Å². The molecular formula is C26H30N6. The van der Waals surface area contributed by atoms with Crippen LogP contribution in [0.3, 0.4) is 0 Å². The summed E-state index contributed by atoms with van der Waals surface area (Å²) in [5.74, 6) is 1.13. The number of piperazine rings is 1. The van der Waals surface area contributed by atoms with Crippen LogP contribution in [0.1, 0.15) is 55.2 Å². The van der Waals surface area contributed by atoms with E-state index in [1.54, 1.807) is 0 Å². The van der Waals surface area contributed by atoms with E-state index in [0.29, 0.717) is 18.4 Å². The molecular weight excluding hydrogens is 396 g/mol. The Labute approximate surface area is 189 Å². The molecule has 1 aromatic carbocycles. The summed E-state index contributed by atoms with van der Waals surface area (Å²) >= 11 is 0. The lowest BCUT2D eigenvalue weighted by atomic mass is 9.93. The second-order valence-corrected chi connectivity index (χ2v) is 9.15. The molecule has 1 aliphatic heterocycles. The highest BCUT2D eigenvalue weighted by molar-refractivity contribution is 5.86. The molecule has 2 fully saturated rings. The van der Waals surface area contributed by atoms with Crippen LogP contribution in [0.4, 0.5) is 5.82 Å². The Balaban J connectivity index is 1.61. The topological polar surface area (TPSA) is 71.4 Å². The molecule has 0 unspecified atom stereocenters. The second kappa shape index (κ2) is 8.81. The first-order valence-corrected chi connectivity index (χ1v) is 11.9. The average Bonchev–Trinajstić information content (AvgIpc) is 3.22. The molecule has 1 aliphatic carbocycles. The van der Waals surface area contributed by atoms with Crippen LogP contribution in [0.25, 0.3) is 16.7 Å². The molecule has 2 aromatic heterocycles. The number of hydrogen-bond donors (Lipinski definition) is 0. The molecule has 3 aromatic rings. The van der Waals surface area contributed by atoms with E-state index in [1.165, 1.54) is 32.1 Å². The summed E-state index contributed by atoms with van der Waals surface area (Å²) in [5.41, 5.74) is 5.38. The Hall–Kier alpha value is -3.09.